The Hall–Kier alpha value is -1.30. The van der Waals surface area contributed by atoms with Gasteiger partial charge in [0.15, 0.2) is 0 Å². The van der Waals surface area contributed by atoms with Gasteiger partial charge in [0.2, 0.25) is 0 Å². The first kappa shape index (κ1) is 8.79. The van der Waals surface area contributed by atoms with E-state index in [9.17, 15) is 0 Å². The molecule has 0 aromatic rings. The Balaban J connectivity index is 2.77. The summed E-state index contributed by atoms with van der Waals surface area (Å²) in [6.45, 7) is 6.02. The Morgan fingerprint density at radius 3 is 2.00 bits per heavy atom. The minimum atomic E-state index is 0.505. The van der Waals surface area contributed by atoms with Crippen molar-refractivity contribution in [2.24, 2.45) is 5.92 Å². The Labute approximate surface area is 74.3 Å². The molecule has 0 nitrogen and oxygen atoms in total. The van der Waals surface area contributed by atoms with E-state index in [1.54, 1.807) is 0 Å². The number of hydrogen-bond acceptors (Lipinski definition) is 0. The fraction of sp³-hybridized carbons (Fsp3) is 0.167. The zero-order valence-corrected chi connectivity index (χ0v) is 7.40. The van der Waals surface area contributed by atoms with Crippen LogP contribution in [0.15, 0.2) is 60.8 Å². The van der Waals surface area contributed by atoms with Crippen LogP contribution in [0, 0.1) is 5.92 Å². The molecule has 1 aliphatic rings. The van der Waals surface area contributed by atoms with Crippen LogP contribution in [-0.2, 0) is 0 Å². The molecule has 1 unspecified atom stereocenters. The van der Waals surface area contributed by atoms with Crippen LogP contribution in [0.3, 0.4) is 0 Å². The maximum Gasteiger partial charge on any atom is -0.00756 e. The van der Waals surface area contributed by atoms with Gasteiger partial charge in [0.1, 0.15) is 0 Å². The third kappa shape index (κ3) is 3.20. The third-order valence-electron chi connectivity index (χ3n) is 1.67. The van der Waals surface area contributed by atoms with E-state index in [-0.39, 0.29) is 0 Å². The first-order valence-electron chi connectivity index (χ1n) is 4.17. The van der Waals surface area contributed by atoms with Crippen molar-refractivity contribution >= 4 is 0 Å². The van der Waals surface area contributed by atoms with Crippen molar-refractivity contribution in [1.82, 2.24) is 0 Å². The lowest BCUT2D eigenvalue weighted by Crippen LogP contribution is -1.80. The standard InChI is InChI=1S/C12H14/c1-11-7-3-5-9-12(2)10-6-4-8-11/h3-10,12H,1H2,2H3/b7-3-,8-4?,9-5-,10-6-. The van der Waals surface area contributed by atoms with Gasteiger partial charge < -0.3 is 0 Å². The Bertz CT molecular complexity index is 236. The minimum Gasteiger partial charge on any atom is -0.0918 e. The van der Waals surface area contributed by atoms with E-state index < -0.39 is 0 Å². The smallest absolute Gasteiger partial charge is 0.00756 e. The minimum absolute atomic E-state index is 0.505. The van der Waals surface area contributed by atoms with E-state index in [1.807, 2.05) is 24.3 Å². The second-order valence-electron chi connectivity index (χ2n) is 2.92. The van der Waals surface area contributed by atoms with Crippen LogP contribution in [-0.4, -0.2) is 0 Å². The van der Waals surface area contributed by atoms with Crippen molar-refractivity contribution in [3.05, 3.63) is 60.8 Å². The fourth-order valence-electron chi connectivity index (χ4n) is 0.957. The van der Waals surface area contributed by atoms with Crippen LogP contribution in [0.4, 0.5) is 0 Å². The monoisotopic (exact) mass is 158 g/mol. The summed E-state index contributed by atoms with van der Waals surface area (Å²) in [5.41, 5.74) is 1.03. The molecular weight excluding hydrogens is 144 g/mol. The van der Waals surface area contributed by atoms with Crippen molar-refractivity contribution in [2.75, 3.05) is 0 Å². The molecule has 0 heterocycles. The molecule has 0 radical (unpaired) electrons. The SMILES string of the molecule is C=C1C=C/C=C\C(C)/C=C\C=C/1. The van der Waals surface area contributed by atoms with Gasteiger partial charge in [0.05, 0.1) is 0 Å². The number of rotatable bonds is 0. The van der Waals surface area contributed by atoms with Gasteiger partial charge in [-0.15, -0.1) is 0 Å². The van der Waals surface area contributed by atoms with Gasteiger partial charge in [-0.2, -0.15) is 0 Å². The van der Waals surface area contributed by atoms with Crippen LogP contribution in [0.2, 0.25) is 0 Å². The van der Waals surface area contributed by atoms with Crippen molar-refractivity contribution in [2.45, 2.75) is 6.92 Å². The second kappa shape index (κ2) is 4.55. The van der Waals surface area contributed by atoms with Crippen molar-refractivity contribution < 1.29 is 0 Å². The van der Waals surface area contributed by atoms with E-state index >= 15 is 0 Å². The number of allylic oxidation sites excluding steroid dienone is 9. The van der Waals surface area contributed by atoms with Gasteiger partial charge in [-0.25, -0.2) is 0 Å². The van der Waals surface area contributed by atoms with E-state index in [2.05, 4.69) is 37.8 Å². The van der Waals surface area contributed by atoms with Crippen molar-refractivity contribution in [1.29, 1.82) is 0 Å². The lowest BCUT2D eigenvalue weighted by Gasteiger charge is -1.96. The normalized spacial score (nSPS) is 31.1. The molecule has 1 rings (SSSR count). The maximum atomic E-state index is 3.87. The molecule has 0 bridgehead atoms. The van der Waals surface area contributed by atoms with E-state index in [4.69, 9.17) is 0 Å². The molecule has 0 amide bonds. The molecule has 0 aromatic carbocycles. The van der Waals surface area contributed by atoms with E-state index in [0.717, 1.165) is 5.57 Å². The van der Waals surface area contributed by atoms with Crippen molar-refractivity contribution in [3.8, 4) is 0 Å². The molecule has 0 N–H and O–H groups in total. The van der Waals surface area contributed by atoms with Gasteiger partial charge in [-0.1, -0.05) is 62.1 Å². The highest BCUT2D eigenvalue weighted by Crippen LogP contribution is 2.03. The van der Waals surface area contributed by atoms with Gasteiger partial charge in [0, 0.05) is 0 Å². The van der Waals surface area contributed by atoms with Crippen molar-refractivity contribution in [3.63, 3.8) is 0 Å². The van der Waals surface area contributed by atoms with E-state index in [1.165, 1.54) is 0 Å². The third-order valence-corrected chi connectivity index (χ3v) is 1.67. The Kier molecular flexibility index (Phi) is 3.34. The fourth-order valence-corrected chi connectivity index (χ4v) is 0.957. The summed E-state index contributed by atoms with van der Waals surface area (Å²) in [5.74, 6) is 0.505. The summed E-state index contributed by atoms with van der Waals surface area (Å²) >= 11 is 0. The highest BCUT2D eigenvalue weighted by Gasteiger charge is 1.87. The number of hydrogen-bond donors (Lipinski definition) is 0. The average molecular weight is 158 g/mol. The molecule has 12 heavy (non-hydrogen) atoms. The average Bonchev–Trinajstić information content (AvgIpc) is 2.06. The van der Waals surface area contributed by atoms with Crippen LogP contribution in [0.25, 0.3) is 0 Å². The summed E-state index contributed by atoms with van der Waals surface area (Å²) in [5, 5.41) is 0. The van der Waals surface area contributed by atoms with E-state index in [0.29, 0.717) is 5.92 Å². The van der Waals surface area contributed by atoms with Crippen LogP contribution in [0.1, 0.15) is 6.92 Å². The summed E-state index contributed by atoms with van der Waals surface area (Å²) in [6, 6.07) is 0. The molecule has 0 aromatic heterocycles. The van der Waals surface area contributed by atoms with Gasteiger partial charge in [-0.3, -0.25) is 0 Å². The molecule has 1 aliphatic carbocycles. The molecule has 1 atom stereocenters. The topological polar surface area (TPSA) is 0 Å². The zero-order chi connectivity index (χ0) is 8.81. The summed E-state index contributed by atoms with van der Waals surface area (Å²) in [6.07, 6.45) is 16.4. The predicted molar refractivity (Wildman–Crippen MR) is 54.9 cm³/mol. The molecule has 0 saturated heterocycles. The van der Waals surface area contributed by atoms with Crippen LogP contribution >= 0.6 is 0 Å². The first-order chi connectivity index (χ1) is 5.79. The van der Waals surface area contributed by atoms with Gasteiger partial charge in [0.25, 0.3) is 0 Å². The second-order valence-corrected chi connectivity index (χ2v) is 2.92. The molecule has 62 valence electrons. The zero-order valence-electron chi connectivity index (χ0n) is 7.40. The quantitative estimate of drug-likeness (QED) is 0.506. The molecule has 0 spiro atoms. The van der Waals surface area contributed by atoms with Gasteiger partial charge >= 0.3 is 0 Å². The first-order valence-corrected chi connectivity index (χ1v) is 4.17. The predicted octanol–water partition coefficient (Wildman–Crippen LogP) is 3.42. The maximum absolute atomic E-state index is 3.87. The van der Waals surface area contributed by atoms with Crippen LogP contribution in [0.5, 0.6) is 0 Å². The lowest BCUT2D eigenvalue weighted by atomic mass is 10.1. The Morgan fingerprint density at radius 1 is 1.00 bits per heavy atom. The summed E-state index contributed by atoms with van der Waals surface area (Å²) in [7, 11) is 0. The molecule has 0 saturated carbocycles. The van der Waals surface area contributed by atoms with Gasteiger partial charge in [-0.05, 0) is 11.5 Å². The van der Waals surface area contributed by atoms with Crippen LogP contribution < -0.4 is 0 Å². The largest absolute Gasteiger partial charge is 0.0918 e. The lowest BCUT2D eigenvalue weighted by molar-refractivity contribution is 0.940. The molecule has 0 heteroatoms. The highest BCUT2D eigenvalue weighted by atomic mass is 13.9. The molecule has 0 aliphatic heterocycles. The Morgan fingerprint density at radius 2 is 1.50 bits per heavy atom. The highest BCUT2D eigenvalue weighted by molar-refractivity contribution is 5.32. The molecular formula is C12H14. The molecule has 0 fully saturated rings. The summed E-state index contributed by atoms with van der Waals surface area (Å²) < 4.78 is 0. The summed E-state index contributed by atoms with van der Waals surface area (Å²) in [4.78, 5) is 0.